The molecule has 0 atom stereocenters. The monoisotopic (exact) mass is 305 g/mol. The Balaban J connectivity index is 3.47. The molecule has 0 saturated heterocycles. The van der Waals surface area contributed by atoms with Gasteiger partial charge in [0.2, 0.25) is 0 Å². The van der Waals surface area contributed by atoms with Gasteiger partial charge in [-0.2, -0.15) is 5.26 Å². The minimum Gasteiger partial charge on any atom is -0.465 e. The Morgan fingerprint density at radius 1 is 1.75 bits per heavy atom. The molecular formula is C10H6BrClFNO2. The highest BCUT2D eigenvalue weighted by atomic mass is 79.9. The maximum absolute atomic E-state index is 13.7. The Morgan fingerprint density at radius 3 is 2.88 bits per heavy atom. The summed E-state index contributed by atoms with van der Waals surface area (Å²) in [6.07, 6.45) is -0.230. The second-order valence-electron chi connectivity index (χ2n) is 2.84. The number of carbonyl (C=O) groups excluding carboxylic acids is 1. The highest BCUT2D eigenvalue weighted by Gasteiger charge is 2.20. The predicted octanol–water partition coefficient (Wildman–Crippen LogP) is 3.09. The standard InChI is InChI=1S/C10H6BrClFNO2/c1-16-10(15)6-4-7(12)8(11)9(13)5(6)2-3-14/h4H,2H2,1H3. The molecule has 0 spiro atoms. The predicted molar refractivity (Wildman–Crippen MR) is 59.8 cm³/mol. The zero-order chi connectivity index (χ0) is 12.3. The normalized spacial score (nSPS) is 9.69. The third kappa shape index (κ3) is 2.34. The van der Waals surface area contributed by atoms with Crippen molar-refractivity contribution in [3.8, 4) is 6.07 Å². The van der Waals surface area contributed by atoms with Crippen LogP contribution in [0.15, 0.2) is 10.5 Å². The van der Waals surface area contributed by atoms with Crippen LogP contribution in [0, 0.1) is 17.1 Å². The van der Waals surface area contributed by atoms with Crippen molar-refractivity contribution in [3.63, 3.8) is 0 Å². The number of hydrogen-bond acceptors (Lipinski definition) is 3. The fourth-order valence-corrected chi connectivity index (χ4v) is 1.72. The van der Waals surface area contributed by atoms with Gasteiger partial charge in [0, 0.05) is 5.56 Å². The first kappa shape index (κ1) is 12.9. The number of ether oxygens (including phenoxy) is 1. The summed E-state index contributed by atoms with van der Waals surface area (Å²) in [4.78, 5) is 11.4. The van der Waals surface area contributed by atoms with E-state index >= 15 is 0 Å². The van der Waals surface area contributed by atoms with Crippen molar-refractivity contribution in [2.24, 2.45) is 0 Å². The lowest BCUT2D eigenvalue weighted by Crippen LogP contribution is -2.08. The fourth-order valence-electron chi connectivity index (χ4n) is 1.18. The first-order chi connectivity index (χ1) is 7.52. The van der Waals surface area contributed by atoms with Gasteiger partial charge in [0.05, 0.1) is 34.7 Å². The van der Waals surface area contributed by atoms with E-state index in [1.165, 1.54) is 13.2 Å². The van der Waals surface area contributed by atoms with Crippen molar-refractivity contribution >= 4 is 33.5 Å². The summed E-state index contributed by atoms with van der Waals surface area (Å²) in [6.45, 7) is 0. The molecule has 0 aliphatic carbocycles. The van der Waals surface area contributed by atoms with Crippen LogP contribution in [0.4, 0.5) is 4.39 Å². The second kappa shape index (κ2) is 5.28. The van der Waals surface area contributed by atoms with Gasteiger partial charge in [-0.15, -0.1) is 0 Å². The lowest BCUT2D eigenvalue weighted by Gasteiger charge is -2.09. The number of nitrogens with zero attached hydrogens (tertiary/aromatic N) is 1. The van der Waals surface area contributed by atoms with Crippen molar-refractivity contribution in [1.29, 1.82) is 5.26 Å². The smallest absolute Gasteiger partial charge is 0.338 e. The van der Waals surface area contributed by atoms with Crippen molar-refractivity contribution in [2.45, 2.75) is 6.42 Å². The molecule has 3 nitrogen and oxygen atoms in total. The third-order valence-corrected chi connectivity index (χ3v) is 3.23. The average Bonchev–Trinajstić information content (AvgIpc) is 2.28. The summed E-state index contributed by atoms with van der Waals surface area (Å²) in [7, 11) is 1.17. The van der Waals surface area contributed by atoms with Crippen molar-refractivity contribution in [3.05, 3.63) is 32.5 Å². The van der Waals surface area contributed by atoms with Gasteiger partial charge >= 0.3 is 5.97 Å². The average molecular weight is 307 g/mol. The summed E-state index contributed by atoms with van der Waals surface area (Å²) in [5, 5.41) is 8.62. The fraction of sp³-hybridized carbons (Fsp3) is 0.200. The van der Waals surface area contributed by atoms with E-state index in [1.807, 2.05) is 0 Å². The summed E-state index contributed by atoms with van der Waals surface area (Å²) in [5.74, 6) is -1.44. The largest absolute Gasteiger partial charge is 0.465 e. The van der Waals surface area contributed by atoms with E-state index in [9.17, 15) is 9.18 Å². The molecular weight excluding hydrogens is 300 g/mol. The van der Waals surface area contributed by atoms with Crippen LogP contribution in [0.2, 0.25) is 5.02 Å². The van der Waals surface area contributed by atoms with Crippen molar-refractivity contribution < 1.29 is 13.9 Å². The van der Waals surface area contributed by atoms with Crippen molar-refractivity contribution in [2.75, 3.05) is 7.11 Å². The lowest BCUT2D eigenvalue weighted by molar-refractivity contribution is 0.0599. The van der Waals surface area contributed by atoms with Gasteiger partial charge in [-0.1, -0.05) is 11.6 Å². The summed E-state index contributed by atoms with van der Waals surface area (Å²) >= 11 is 8.65. The molecule has 0 radical (unpaired) electrons. The molecule has 1 aromatic rings. The van der Waals surface area contributed by atoms with E-state index in [4.69, 9.17) is 16.9 Å². The first-order valence-corrected chi connectivity index (χ1v) is 5.31. The van der Waals surface area contributed by atoms with E-state index < -0.39 is 11.8 Å². The van der Waals surface area contributed by atoms with E-state index in [-0.39, 0.29) is 27.0 Å². The highest BCUT2D eigenvalue weighted by Crippen LogP contribution is 2.31. The number of nitriles is 1. The number of rotatable bonds is 2. The molecule has 1 aromatic carbocycles. The van der Waals surface area contributed by atoms with Crippen LogP contribution in [0.25, 0.3) is 0 Å². The second-order valence-corrected chi connectivity index (χ2v) is 4.04. The Kier molecular flexibility index (Phi) is 4.27. The van der Waals surface area contributed by atoms with Crippen LogP contribution in [-0.2, 0) is 11.2 Å². The van der Waals surface area contributed by atoms with E-state index in [0.29, 0.717) is 0 Å². The zero-order valence-electron chi connectivity index (χ0n) is 8.18. The Labute approximate surface area is 105 Å². The van der Waals surface area contributed by atoms with Crippen LogP contribution in [0.5, 0.6) is 0 Å². The minimum absolute atomic E-state index is 0.0226. The Morgan fingerprint density at radius 2 is 2.38 bits per heavy atom. The minimum atomic E-state index is -0.724. The van der Waals surface area contributed by atoms with Gasteiger partial charge in [0.15, 0.2) is 0 Å². The first-order valence-electron chi connectivity index (χ1n) is 4.14. The molecule has 0 amide bonds. The van der Waals surface area contributed by atoms with Gasteiger partial charge in [-0.05, 0) is 22.0 Å². The third-order valence-electron chi connectivity index (χ3n) is 1.92. The summed E-state index contributed by atoms with van der Waals surface area (Å²) in [5.41, 5.74) is -0.0552. The van der Waals surface area contributed by atoms with Crippen LogP contribution in [-0.4, -0.2) is 13.1 Å². The molecule has 0 aliphatic heterocycles. The maximum atomic E-state index is 13.7. The molecule has 0 N–H and O–H groups in total. The van der Waals surface area contributed by atoms with Crippen molar-refractivity contribution in [1.82, 2.24) is 0 Å². The molecule has 84 valence electrons. The highest BCUT2D eigenvalue weighted by molar-refractivity contribution is 9.10. The molecule has 6 heteroatoms. The lowest BCUT2D eigenvalue weighted by atomic mass is 10.0. The zero-order valence-corrected chi connectivity index (χ0v) is 10.5. The number of methoxy groups -OCH3 is 1. The van der Waals surface area contributed by atoms with Gasteiger partial charge in [-0.3, -0.25) is 0 Å². The van der Waals surface area contributed by atoms with E-state index in [0.717, 1.165) is 0 Å². The van der Waals surface area contributed by atoms with E-state index in [2.05, 4.69) is 20.7 Å². The molecule has 0 bridgehead atoms. The van der Waals surface area contributed by atoms with Crippen LogP contribution < -0.4 is 0 Å². The van der Waals surface area contributed by atoms with Crippen LogP contribution in [0.3, 0.4) is 0 Å². The molecule has 1 rings (SSSR count). The summed E-state index contributed by atoms with van der Waals surface area (Å²) in [6, 6.07) is 3.05. The molecule has 0 aliphatic rings. The number of benzene rings is 1. The van der Waals surface area contributed by atoms with E-state index in [1.54, 1.807) is 6.07 Å². The van der Waals surface area contributed by atoms with Gasteiger partial charge < -0.3 is 4.74 Å². The summed E-state index contributed by atoms with van der Waals surface area (Å²) < 4.78 is 18.2. The molecule has 0 unspecified atom stereocenters. The van der Waals surface area contributed by atoms with Gasteiger partial charge in [-0.25, -0.2) is 9.18 Å². The molecule has 0 aromatic heterocycles. The number of halogens is 3. The molecule has 0 fully saturated rings. The molecule has 16 heavy (non-hydrogen) atoms. The van der Waals surface area contributed by atoms with Crippen LogP contribution >= 0.6 is 27.5 Å². The quantitative estimate of drug-likeness (QED) is 0.623. The number of hydrogen-bond donors (Lipinski definition) is 0. The maximum Gasteiger partial charge on any atom is 0.338 e. The van der Waals surface area contributed by atoms with Gasteiger partial charge in [0.25, 0.3) is 0 Å². The Hall–Kier alpha value is -1.12. The van der Waals surface area contributed by atoms with Gasteiger partial charge in [0.1, 0.15) is 5.82 Å². The topological polar surface area (TPSA) is 50.1 Å². The number of carbonyl (C=O) groups is 1. The molecule has 0 saturated carbocycles. The van der Waals surface area contributed by atoms with Crippen LogP contribution in [0.1, 0.15) is 15.9 Å². The SMILES string of the molecule is COC(=O)c1cc(Cl)c(Br)c(F)c1CC#N. The Bertz CT molecular complexity index is 485. The molecule has 0 heterocycles. The number of esters is 1.